The molecular formula is C20H37N3O+2. The largest absolute Gasteiger partial charge is 0.356 e. The zero-order valence-electron chi connectivity index (χ0n) is 16.6. The molecule has 0 bridgehead atoms. The Balaban J connectivity index is 2.31. The lowest BCUT2D eigenvalue weighted by Crippen LogP contribution is -2.42. The van der Waals surface area contributed by atoms with E-state index in [9.17, 15) is 4.79 Å². The summed E-state index contributed by atoms with van der Waals surface area (Å²) in [5.41, 5.74) is 2.71. The van der Waals surface area contributed by atoms with Gasteiger partial charge in [-0.25, -0.2) is 0 Å². The molecular weight excluding hydrogens is 298 g/mol. The molecule has 0 fully saturated rings. The number of nitrogens with one attached hydrogen (secondary N) is 1. The fourth-order valence-corrected chi connectivity index (χ4v) is 2.73. The highest BCUT2D eigenvalue weighted by atomic mass is 16.1. The third-order valence-corrected chi connectivity index (χ3v) is 4.31. The first-order valence-electron chi connectivity index (χ1n) is 9.08. The molecule has 1 aromatic rings. The van der Waals surface area contributed by atoms with Crippen LogP contribution in [0.1, 0.15) is 30.9 Å². The Morgan fingerprint density at radius 1 is 0.958 bits per heavy atom. The first kappa shape index (κ1) is 20.7. The van der Waals surface area contributed by atoms with Crippen molar-refractivity contribution < 1.29 is 13.8 Å². The molecule has 0 aliphatic rings. The summed E-state index contributed by atoms with van der Waals surface area (Å²) in [5, 5.41) is 3.05. The van der Waals surface area contributed by atoms with E-state index >= 15 is 0 Å². The van der Waals surface area contributed by atoms with Crippen LogP contribution in [0.3, 0.4) is 0 Å². The van der Waals surface area contributed by atoms with Gasteiger partial charge >= 0.3 is 0 Å². The average Bonchev–Trinajstić information content (AvgIpc) is 2.49. The molecule has 1 N–H and O–H groups in total. The van der Waals surface area contributed by atoms with Crippen molar-refractivity contribution >= 4 is 5.91 Å². The van der Waals surface area contributed by atoms with E-state index in [4.69, 9.17) is 0 Å². The van der Waals surface area contributed by atoms with Crippen LogP contribution in [0.15, 0.2) is 24.3 Å². The summed E-state index contributed by atoms with van der Waals surface area (Å²) in [4.78, 5) is 12.0. The van der Waals surface area contributed by atoms with Gasteiger partial charge in [0, 0.05) is 18.5 Å². The lowest BCUT2D eigenvalue weighted by atomic mass is 10.1. The van der Waals surface area contributed by atoms with Crippen LogP contribution < -0.4 is 5.32 Å². The zero-order valence-corrected chi connectivity index (χ0v) is 16.6. The van der Waals surface area contributed by atoms with Crippen molar-refractivity contribution in [3.63, 3.8) is 0 Å². The molecule has 0 heterocycles. The molecule has 1 rings (SSSR count). The summed E-state index contributed by atoms with van der Waals surface area (Å²) < 4.78 is 1.77. The molecule has 0 aliphatic carbocycles. The lowest BCUT2D eigenvalue weighted by molar-refractivity contribution is -0.903. The Hall–Kier alpha value is -1.39. The monoisotopic (exact) mass is 335 g/mol. The van der Waals surface area contributed by atoms with E-state index in [1.165, 1.54) is 11.1 Å². The fraction of sp³-hybridized carbons (Fsp3) is 0.650. The molecule has 0 atom stereocenters. The first-order valence-corrected chi connectivity index (χ1v) is 9.08. The molecule has 1 aromatic carbocycles. The van der Waals surface area contributed by atoms with Crippen LogP contribution >= 0.6 is 0 Å². The van der Waals surface area contributed by atoms with Gasteiger partial charge < -0.3 is 14.3 Å². The number of quaternary nitrogens is 2. The van der Waals surface area contributed by atoms with Gasteiger partial charge in [-0.05, 0) is 12.0 Å². The second kappa shape index (κ2) is 9.19. The Kier molecular flexibility index (Phi) is 7.91. The normalized spacial score (nSPS) is 12.2. The van der Waals surface area contributed by atoms with E-state index < -0.39 is 0 Å². The van der Waals surface area contributed by atoms with Gasteiger partial charge in [-0.15, -0.1) is 0 Å². The van der Waals surface area contributed by atoms with E-state index in [0.717, 1.165) is 48.0 Å². The Morgan fingerprint density at radius 3 is 2.08 bits per heavy atom. The summed E-state index contributed by atoms with van der Waals surface area (Å²) in [6, 6.07) is 8.83. The molecule has 0 aliphatic heterocycles. The molecule has 4 heteroatoms. The molecule has 0 unspecified atom stereocenters. The van der Waals surface area contributed by atoms with Gasteiger partial charge in [-0.2, -0.15) is 0 Å². The minimum absolute atomic E-state index is 0.170. The van der Waals surface area contributed by atoms with Crippen molar-refractivity contribution in [2.45, 2.75) is 32.7 Å². The van der Waals surface area contributed by atoms with Crippen LogP contribution in [0.5, 0.6) is 0 Å². The maximum atomic E-state index is 12.0. The Morgan fingerprint density at radius 2 is 1.54 bits per heavy atom. The van der Waals surface area contributed by atoms with E-state index in [2.05, 4.69) is 71.7 Å². The van der Waals surface area contributed by atoms with Crippen LogP contribution in [0.2, 0.25) is 0 Å². The predicted octanol–water partition coefficient (Wildman–Crippen LogP) is 2.43. The van der Waals surface area contributed by atoms with Gasteiger partial charge in [0.2, 0.25) is 5.91 Å². The quantitative estimate of drug-likeness (QED) is 0.516. The third-order valence-electron chi connectivity index (χ3n) is 4.31. The van der Waals surface area contributed by atoms with Crippen LogP contribution in [0.4, 0.5) is 0 Å². The Labute approximate surface area is 148 Å². The van der Waals surface area contributed by atoms with Gasteiger partial charge in [-0.1, -0.05) is 31.2 Å². The van der Waals surface area contributed by atoms with Crippen molar-refractivity contribution in [3.8, 4) is 0 Å². The Bertz CT molecular complexity index is 501. The van der Waals surface area contributed by atoms with Gasteiger partial charge in [0.25, 0.3) is 0 Å². The lowest BCUT2D eigenvalue weighted by Gasteiger charge is -2.29. The van der Waals surface area contributed by atoms with Crippen molar-refractivity contribution in [1.29, 1.82) is 0 Å². The minimum atomic E-state index is 0.170. The van der Waals surface area contributed by atoms with Gasteiger partial charge in [0.15, 0.2) is 0 Å². The number of hydrogen-bond donors (Lipinski definition) is 1. The summed E-state index contributed by atoms with van der Waals surface area (Å²) in [6.45, 7) is 5.85. The molecule has 24 heavy (non-hydrogen) atoms. The van der Waals surface area contributed by atoms with Crippen molar-refractivity contribution in [3.05, 3.63) is 35.4 Å². The number of nitrogens with zero attached hydrogens (tertiary/aromatic N) is 2. The molecule has 0 radical (unpaired) electrons. The standard InChI is InChI=1S/C20H36N3O/c1-7-18-9-11-19(12-10-18)17-23(5,6)16-13-20(24)21-14-8-15-22(2,3)4/h9-12H,7-8,13-17H2,1-6H3/q+1/p+1. The zero-order chi connectivity index (χ0) is 18.2. The second-order valence-electron chi connectivity index (χ2n) is 8.45. The molecule has 136 valence electrons. The van der Waals surface area contributed by atoms with Crippen LogP contribution in [0, 0.1) is 0 Å². The number of carbonyl (C=O) groups excluding carboxylic acids is 1. The number of benzene rings is 1. The van der Waals surface area contributed by atoms with Crippen LogP contribution in [-0.2, 0) is 17.8 Å². The highest BCUT2D eigenvalue weighted by Crippen LogP contribution is 2.12. The first-order chi connectivity index (χ1) is 11.1. The predicted molar refractivity (Wildman–Crippen MR) is 102 cm³/mol. The van der Waals surface area contributed by atoms with Crippen LogP contribution in [-0.4, -0.2) is 69.7 Å². The topological polar surface area (TPSA) is 29.1 Å². The maximum Gasteiger partial charge on any atom is 0.225 e. The minimum Gasteiger partial charge on any atom is -0.356 e. The summed E-state index contributed by atoms with van der Waals surface area (Å²) in [5.74, 6) is 0.170. The molecule has 0 aromatic heterocycles. The molecule has 1 amide bonds. The third kappa shape index (κ3) is 9.04. The molecule has 4 nitrogen and oxygen atoms in total. The number of amides is 1. The average molecular weight is 336 g/mol. The van der Waals surface area contributed by atoms with Crippen molar-refractivity contribution in [1.82, 2.24) is 5.32 Å². The summed E-state index contributed by atoms with van der Waals surface area (Å²) in [6.07, 6.45) is 2.69. The van der Waals surface area contributed by atoms with Gasteiger partial charge in [0.1, 0.15) is 6.54 Å². The van der Waals surface area contributed by atoms with E-state index in [-0.39, 0.29) is 5.91 Å². The smallest absolute Gasteiger partial charge is 0.225 e. The van der Waals surface area contributed by atoms with Crippen molar-refractivity contribution in [2.75, 3.05) is 54.9 Å². The molecule has 0 spiro atoms. The number of hydrogen-bond acceptors (Lipinski definition) is 1. The summed E-state index contributed by atoms with van der Waals surface area (Å²) in [7, 11) is 10.9. The van der Waals surface area contributed by atoms with E-state index in [1.807, 2.05) is 0 Å². The SMILES string of the molecule is CCc1ccc(C[N+](C)(C)CCC(=O)NCCC[N+](C)(C)C)cc1. The van der Waals surface area contributed by atoms with Gasteiger partial charge in [-0.3, -0.25) is 4.79 Å². The van der Waals surface area contributed by atoms with Crippen LogP contribution in [0.25, 0.3) is 0 Å². The van der Waals surface area contributed by atoms with E-state index in [0.29, 0.717) is 6.42 Å². The molecule has 0 saturated heterocycles. The van der Waals surface area contributed by atoms with E-state index in [1.54, 1.807) is 0 Å². The summed E-state index contributed by atoms with van der Waals surface area (Å²) >= 11 is 0. The number of aryl methyl sites for hydroxylation is 1. The van der Waals surface area contributed by atoms with Crippen molar-refractivity contribution in [2.24, 2.45) is 0 Å². The maximum absolute atomic E-state index is 12.0. The highest BCUT2D eigenvalue weighted by molar-refractivity contribution is 5.75. The number of rotatable bonds is 10. The number of carbonyl (C=O) groups is 1. The van der Waals surface area contributed by atoms with Gasteiger partial charge in [0.05, 0.1) is 54.7 Å². The fourth-order valence-electron chi connectivity index (χ4n) is 2.73. The second-order valence-corrected chi connectivity index (χ2v) is 8.45. The highest BCUT2D eigenvalue weighted by Gasteiger charge is 2.18. The molecule has 0 saturated carbocycles.